The molecule has 1 aliphatic heterocycles. The van der Waals surface area contributed by atoms with Crippen molar-refractivity contribution in [2.75, 3.05) is 36.5 Å². The van der Waals surface area contributed by atoms with Gasteiger partial charge < -0.3 is 9.80 Å². The van der Waals surface area contributed by atoms with Crippen LogP contribution in [0, 0.1) is 18.7 Å². The lowest BCUT2D eigenvalue weighted by Gasteiger charge is -2.35. The number of anilines is 2. The molecule has 0 bridgehead atoms. The lowest BCUT2D eigenvalue weighted by atomic mass is 9.96. The molecule has 9 heteroatoms. The van der Waals surface area contributed by atoms with E-state index in [4.69, 9.17) is 4.98 Å². The van der Waals surface area contributed by atoms with Gasteiger partial charge in [-0.1, -0.05) is 0 Å². The number of thiophene rings is 1. The fraction of sp³-hybridized carbons (Fsp3) is 0.474. The van der Waals surface area contributed by atoms with Crippen LogP contribution >= 0.6 is 11.3 Å². The zero-order valence-corrected chi connectivity index (χ0v) is 17.0. The van der Waals surface area contributed by atoms with E-state index in [1.165, 1.54) is 17.7 Å². The second-order valence-electron chi connectivity index (χ2n) is 7.32. The third-order valence-corrected chi connectivity index (χ3v) is 6.29. The smallest absolute Gasteiger partial charge is 0.272 e. The van der Waals surface area contributed by atoms with Gasteiger partial charge in [0.15, 0.2) is 11.6 Å². The van der Waals surface area contributed by atoms with Crippen LogP contribution in [0.25, 0.3) is 10.2 Å². The predicted molar refractivity (Wildman–Crippen MR) is 110 cm³/mol. The van der Waals surface area contributed by atoms with Crippen LogP contribution in [0.15, 0.2) is 22.6 Å². The highest BCUT2D eigenvalue weighted by Crippen LogP contribution is 2.25. The third-order valence-electron chi connectivity index (χ3n) is 5.40. The Labute approximate surface area is 166 Å². The SMILES string of the molecule is Cc1ncnc(N(C)CC2CCN(c3nc4ccsc4c(=O)n3C)CC2)c1F. The summed E-state index contributed by atoms with van der Waals surface area (Å²) in [5.74, 6) is 1.14. The minimum atomic E-state index is -0.356. The van der Waals surface area contributed by atoms with Gasteiger partial charge in [0.25, 0.3) is 5.56 Å². The molecule has 0 unspecified atom stereocenters. The van der Waals surface area contributed by atoms with E-state index in [0.29, 0.717) is 22.1 Å². The zero-order valence-electron chi connectivity index (χ0n) is 16.2. The van der Waals surface area contributed by atoms with Gasteiger partial charge >= 0.3 is 0 Å². The van der Waals surface area contributed by atoms with Crippen molar-refractivity contribution in [2.24, 2.45) is 13.0 Å². The summed E-state index contributed by atoms with van der Waals surface area (Å²) in [6.45, 7) is 4.02. The van der Waals surface area contributed by atoms with Crippen molar-refractivity contribution >= 4 is 33.3 Å². The molecule has 0 aromatic carbocycles. The molecular weight excluding hydrogens is 379 g/mol. The molecule has 1 fully saturated rings. The van der Waals surface area contributed by atoms with Gasteiger partial charge in [-0.3, -0.25) is 9.36 Å². The van der Waals surface area contributed by atoms with Crippen LogP contribution in [0.3, 0.4) is 0 Å². The molecule has 4 heterocycles. The summed E-state index contributed by atoms with van der Waals surface area (Å²) in [5.41, 5.74) is 1.13. The van der Waals surface area contributed by atoms with E-state index in [9.17, 15) is 9.18 Å². The first-order valence-electron chi connectivity index (χ1n) is 9.33. The number of nitrogens with zero attached hydrogens (tertiary/aromatic N) is 6. The second-order valence-corrected chi connectivity index (χ2v) is 8.23. The maximum Gasteiger partial charge on any atom is 0.272 e. The Bertz CT molecular complexity index is 1060. The lowest BCUT2D eigenvalue weighted by Crippen LogP contribution is -2.40. The molecule has 0 amide bonds. The fourth-order valence-corrected chi connectivity index (χ4v) is 4.57. The maximum atomic E-state index is 14.3. The van der Waals surface area contributed by atoms with E-state index in [2.05, 4.69) is 14.9 Å². The number of piperidine rings is 1. The van der Waals surface area contributed by atoms with Gasteiger partial charge in [0.1, 0.15) is 11.0 Å². The number of fused-ring (bicyclic) bond motifs is 1. The first-order valence-corrected chi connectivity index (χ1v) is 10.2. The van der Waals surface area contributed by atoms with Crippen LogP contribution in [0.4, 0.5) is 16.2 Å². The normalized spacial score (nSPS) is 15.4. The Morgan fingerprint density at radius 1 is 1.32 bits per heavy atom. The molecule has 0 radical (unpaired) electrons. The van der Waals surface area contributed by atoms with Crippen molar-refractivity contribution in [1.82, 2.24) is 19.5 Å². The summed E-state index contributed by atoms with van der Waals surface area (Å²) in [4.78, 5) is 29.3. The number of hydrogen-bond donors (Lipinski definition) is 0. The predicted octanol–water partition coefficient (Wildman–Crippen LogP) is 2.59. The van der Waals surface area contributed by atoms with Gasteiger partial charge in [-0.05, 0) is 37.1 Å². The molecule has 148 valence electrons. The number of aryl methyl sites for hydroxylation is 1. The molecule has 1 saturated heterocycles. The van der Waals surface area contributed by atoms with Crippen molar-refractivity contribution in [2.45, 2.75) is 19.8 Å². The van der Waals surface area contributed by atoms with Gasteiger partial charge in [-0.25, -0.2) is 19.3 Å². The first kappa shape index (κ1) is 18.8. The third kappa shape index (κ3) is 3.34. The molecule has 3 aromatic heterocycles. The quantitative estimate of drug-likeness (QED) is 0.668. The number of hydrogen-bond acceptors (Lipinski definition) is 7. The monoisotopic (exact) mass is 402 g/mol. The molecule has 0 aliphatic carbocycles. The Balaban J connectivity index is 1.44. The van der Waals surface area contributed by atoms with Crippen molar-refractivity contribution in [1.29, 1.82) is 0 Å². The molecule has 0 N–H and O–H groups in total. The maximum absolute atomic E-state index is 14.3. The van der Waals surface area contributed by atoms with Crippen LogP contribution in [0.5, 0.6) is 0 Å². The van der Waals surface area contributed by atoms with Gasteiger partial charge in [0, 0.05) is 33.7 Å². The van der Waals surface area contributed by atoms with E-state index in [-0.39, 0.29) is 11.4 Å². The average molecular weight is 402 g/mol. The van der Waals surface area contributed by atoms with Crippen LogP contribution in [-0.2, 0) is 7.05 Å². The topological polar surface area (TPSA) is 67.2 Å². The molecule has 0 saturated carbocycles. The summed E-state index contributed by atoms with van der Waals surface area (Å²) >= 11 is 1.43. The Hall–Kier alpha value is -2.55. The molecule has 7 nitrogen and oxygen atoms in total. The minimum Gasteiger partial charge on any atom is -0.357 e. The van der Waals surface area contributed by atoms with Crippen LogP contribution in [0.1, 0.15) is 18.5 Å². The van der Waals surface area contributed by atoms with Gasteiger partial charge in [0.2, 0.25) is 5.95 Å². The highest BCUT2D eigenvalue weighted by molar-refractivity contribution is 7.17. The molecule has 3 aromatic rings. The first-order chi connectivity index (χ1) is 13.5. The van der Waals surface area contributed by atoms with E-state index < -0.39 is 0 Å². The largest absolute Gasteiger partial charge is 0.357 e. The molecular formula is C19H23FN6OS. The van der Waals surface area contributed by atoms with E-state index in [1.807, 2.05) is 23.4 Å². The van der Waals surface area contributed by atoms with Gasteiger partial charge in [-0.2, -0.15) is 0 Å². The van der Waals surface area contributed by atoms with Crippen molar-refractivity contribution < 1.29 is 4.39 Å². The molecule has 28 heavy (non-hydrogen) atoms. The second kappa shape index (κ2) is 7.46. The van der Waals surface area contributed by atoms with Crippen molar-refractivity contribution in [3.05, 3.63) is 39.6 Å². The summed E-state index contributed by atoms with van der Waals surface area (Å²) < 4.78 is 16.6. The van der Waals surface area contributed by atoms with E-state index in [0.717, 1.165) is 43.9 Å². The molecule has 4 rings (SSSR count). The zero-order chi connectivity index (χ0) is 19.8. The van der Waals surface area contributed by atoms with E-state index in [1.54, 1.807) is 18.5 Å². The lowest BCUT2D eigenvalue weighted by molar-refractivity contribution is 0.401. The average Bonchev–Trinajstić information content (AvgIpc) is 3.16. The Morgan fingerprint density at radius 2 is 2.07 bits per heavy atom. The number of rotatable bonds is 4. The fourth-order valence-electron chi connectivity index (χ4n) is 3.76. The highest BCUT2D eigenvalue weighted by Gasteiger charge is 2.25. The summed E-state index contributed by atoms with van der Waals surface area (Å²) in [6.07, 6.45) is 3.31. The molecule has 0 atom stereocenters. The Kier molecular flexibility index (Phi) is 5.01. The van der Waals surface area contributed by atoms with Crippen LogP contribution < -0.4 is 15.4 Å². The highest BCUT2D eigenvalue weighted by atomic mass is 32.1. The van der Waals surface area contributed by atoms with Gasteiger partial charge in [-0.15, -0.1) is 11.3 Å². The van der Waals surface area contributed by atoms with Gasteiger partial charge in [0.05, 0.1) is 11.2 Å². The van der Waals surface area contributed by atoms with Crippen molar-refractivity contribution in [3.8, 4) is 0 Å². The molecule has 1 aliphatic rings. The summed E-state index contributed by atoms with van der Waals surface area (Å²) in [6, 6.07) is 1.89. The van der Waals surface area contributed by atoms with E-state index >= 15 is 0 Å². The minimum absolute atomic E-state index is 0.00598. The van der Waals surface area contributed by atoms with Crippen LogP contribution in [-0.4, -0.2) is 46.2 Å². The molecule has 0 spiro atoms. The Morgan fingerprint density at radius 3 is 2.82 bits per heavy atom. The number of aromatic nitrogens is 4. The summed E-state index contributed by atoms with van der Waals surface area (Å²) in [5, 5.41) is 1.90. The summed E-state index contributed by atoms with van der Waals surface area (Å²) in [7, 11) is 3.65. The number of halogens is 1. The van der Waals surface area contributed by atoms with Crippen LogP contribution in [0.2, 0.25) is 0 Å². The van der Waals surface area contributed by atoms with Crippen molar-refractivity contribution in [3.63, 3.8) is 0 Å². The standard InChI is InChI=1S/C19H23FN6OS/c1-12-15(20)17(22-11-21-12)24(2)10-13-4-7-26(8-5-13)19-23-14-6-9-28-16(14)18(27)25(19)3/h6,9,11,13H,4-5,7-8,10H2,1-3H3.